The van der Waals surface area contributed by atoms with Gasteiger partial charge in [-0.15, -0.1) is 13.2 Å². The highest BCUT2D eigenvalue weighted by Gasteiger charge is 2.34. The Kier molecular flexibility index (Phi) is 8.04. The van der Waals surface area contributed by atoms with Crippen LogP contribution >= 0.6 is 0 Å². The van der Waals surface area contributed by atoms with Crippen molar-refractivity contribution in [2.24, 2.45) is 0 Å². The van der Waals surface area contributed by atoms with Gasteiger partial charge in [0.1, 0.15) is 0 Å². The molecule has 1 unspecified atom stereocenters. The highest BCUT2D eigenvalue weighted by atomic mass is 19.4. The van der Waals surface area contributed by atoms with Crippen molar-refractivity contribution in [2.45, 2.75) is 31.5 Å². The topological polar surface area (TPSA) is 77.5 Å². The molecule has 240 valence electrons. The van der Waals surface area contributed by atoms with E-state index in [1.807, 2.05) is 24.3 Å². The van der Waals surface area contributed by atoms with Crippen LogP contribution in [0, 0.1) is 0 Å². The monoisotopic (exact) mass is 646 g/mol. The minimum Gasteiger partial charge on any atom is -0.493 e. The predicted octanol–water partition coefficient (Wildman–Crippen LogP) is 8.61. The summed E-state index contributed by atoms with van der Waals surface area (Å²) in [5.41, 5.74) is 9.09. The molecule has 0 fully saturated rings. The Balaban J connectivity index is 1.28. The van der Waals surface area contributed by atoms with Gasteiger partial charge in [-0.1, -0.05) is 48.5 Å². The van der Waals surface area contributed by atoms with Gasteiger partial charge in [0.2, 0.25) is 0 Å². The molecule has 4 aromatic carbocycles. The molecule has 0 saturated heterocycles. The van der Waals surface area contributed by atoms with E-state index in [1.165, 1.54) is 31.0 Å². The van der Waals surface area contributed by atoms with Crippen molar-refractivity contribution in [3.8, 4) is 22.6 Å². The fraction of sp³-hybridized carbons (Fsp3) is 0.154. The molecule has 0 radical (unpaired) electrons. The summed E-state index contributed by atoms with van der Waals surface area (Å²) in [6.45, 7) is 0. The van der Waals surface area contributed by atoms with Gasteiger partial charge in [0.25, 0.3) is 5.91 Å². The molecule has 48 heavy (non-hydrogen) atoms. The molecule has 0 bridgehead atoms. The Labute approximate surface area is 274 Å². The number of Topliss-reactive ketones (excluding diaryl/α,β-unsaturated/α-hetero) is 1. The maximum absolute atomic E-state index is 14.3. The molecule has 0 aliphatic heterocycles. The minimum absolute atomic E-state index is 0.0507. The molecule has 0 spiro atoms. The molecule has 1 amide bonds. The summed E-state index contributed by atoms with van der Waals surface area (Å²) in [5, 5.41) is 2.82. The number of alkyl halides is 3. The number of aryl methyl sites for hydroxylation is 1. The zero-order valence-corrected chi connectivity index (χ0v) is 25.8. The Bertz CT molecular complexity index is 2070. The van der Waals surface area contributed by atoms with Crippen molar-refractivity contribution in [3.05, 3.63) is 148 Å². The van der Waals surface area contributed by atoms with Gasteiger partial charge in [-0.05, 0) is 112 Å². The number of rotatable bonds is 7. The standard InChI is InChI=1S/C39H29F3N2O4/c1-47-35-17-11-25(21-36(35)48-39(40,41)42)27-19-33-31-14-10-23-5-2-3-7-29(23)30(31)15-16-32(33)34(20-27)37(45)24-8-12-28(13-9-24)44-38(46)26-6-4-18-43-22-26/h2-9,11-13,15-18,20-22,34H,10,14,19H2,1H3,(H,44,46). The van der Waals surface area contributed by atoms with Gasteiger partial charge in [0, 0.05) is 23.6 Å². The number of ketones is 1. The van der Waals surface area contributed by atoms with Crippen LogP contribution in [0.4, 0.5) is 18.9 Å². The van der Waals surface area contributed by atoms with Gasteiger partial charge in [-0.25, -0.2) is 0 Å². The zero-order valence-electron chi connectivity index (χ0n) is 25.8. The predicted molar refractivity (Wildman–Crippen MR) is 176 cm³/mol. The van der Waals surface area contributed by atoms with Gasteiger partial charge < -0.3 is 14.8 Å². The number of nitrogens with zero attached hydrogens (tertiary/aromatic N) is 1. The zero-order chi connectivity index (χ0) is 33.4. The Morgan fingerprint density at radius 3 is 2.40 bits per heavy atom. The van der Waals surface area contributed by atoms with E-state index in [-0.39, 0.29) is 17.4 Å². The lowest BCUT2D eigenvalue weighted by molar-refractivity contribution is -0.275. The van der Waals surface area contributed by atoms with Crippen molar-refractivity contribution in [2.75, 3.05) is 12.4 Å². The van der Waals surface area contributed by atoms with Crippen molar-refractivity contribution < 1.29 is 32.2 Å². The number of hydrogen-bond acceptors (Lipinski definition) is 5. The molecule has 1 heterocycles. The number of carbonyl (C=O) groups excluding carboxylic acids is 2. The SMILES string of the molecule is COc1ccc(C2=CC(C(=O)c3ccc(NC(=O)c4cccnc4)cc3)c3ccc4c(c3C2)CCc2ccccc2-4)cc1OC(F)(F)F. The van der Waals surface area contributed by atoms with E-state index in [9.17, 15) is 22.8 Å². The van der Waals surface area contributed by atoms with Crippen LogP contribution in [0.2, 0.25) is 0 Å². The molecule has 0 saturated carbocycles. The fourth-order valence-corrected chi connectivity index (χ4v) is 6.64. The molecule has 7 rings (SSSR count). The third-order valence-electron chi connectivity index (χ3n) is 8.88. The second kappa shape index (κ2) is 12.5. The molecule has 5 aromatic rings. The molecule has 2 aliphatic carbocycles. The smallest absolute Gasteiger partial charge is 0.493 e. The third-order valence-corrected chi connectivity index (χ3v) is 8.88. The average molecular weight is 647 g/mol. The second-order valence-electron chi connectivity index (χ2n) is 11.7. The van der Waals surface area contributed by atoms with Gasteiger partial charge in [0.05, 0.1) is 18.6 Å². The molecule has 1 atom stereocenters. The van der Waals surface area contributed by atoms with E-state index < -0.39 is 18.0 Å². The molecule has 1 aromatic heterocycles. The number of carbonyl (C=O) groups is 2. The first-order chi connectivity index (χ1) is 23.2. The Morgan fingerprint density at radius 1 is 0.833 bits per heavy atom. The van der Waals surface area contributed by atoms with Crippen LogP contribution in [0.5, 0.6) is 11.5 Å². The molecule has 1 N–H and O–H groups in total. The number of amides is 1. The number of anilines is 1. The van der Waals surface area contributed by atoms with E-state index in [0.29, 0.717) is 34.4 Å². The average Bonchev–Trinajstić information content (AvgIpc) is 3.10. The van der Waals surface area contributed by atoms with E-state index in [4.69, 9.17) is 4.74 Å². The van der Waals surface area contributed by atoms with E-state index in [1.54, 1.807) is 48.7 Å². The number of ether oxygens (including phenoxy) is 2. The highest BCUT2D eigenvalue weighted by molar-refractivity contribution is 6.06. The third kappa shape index (κ3) is 6.07. The fourth-order valence-electron chi connectivity index (χ4n) is 6.64. The summed E-state index contributed by atoms with van der Waals surface area (Å²) in [4.78, 5) is 30.9. The van der Waals surface area contributed by atoms with Crippen LogP contribution in [0.3, 0.4) is 0 Å². The lowest BCUT2D eigenvalue weighted by Crippen LogP contribution is -2.20. The number of nitrogens with one attached hydrogen (secondary N) is 1. The van der Waals surface area contributed by atoms with Crippen LogP contribution in [-0.2, 0) is 19.3 Å². The maximum atomic E-state index is 14.3. The summed E-state index contributed by atoms with van der Waals surface area (Å²) in [6, 6.07) is 26.8. The largest absolute Gasteiger partial charge is 0.573 e. The molecular weight excluding hydrogens is 617 g/mol. The van der Waals surface area contributed by atoms with Crippen LogP contribution in [0.15, 0.2) is 109 Å². The number of allylic oxidation sites excluding steroid dienone is 2. The summed E-state index contributed by atoms with van der Waals surface area (Å²) in [5.74, 6) is -1.70. The van der Waals surface area contributed by atoms with Crippen molar-refractivity contribution in [1.29, 1.82) is 0 Å². The lowest BCUT2D eigenvalue weighted by Gasteiger charge is -2.30. The van der Waals surface area contributed by atoms with Crippen LogP contribution in [0.25, 0.3) is 16.7 Å². The molecule has 2 aliphatic rings. The first kappa shape index (κ1) is 30.9. The molecule has 9 heteroatoms. The summed E-state index contributed by atoms with van der Waals surface area (Å²) in [7, 11) is 1.28. The number of hydrogen-bond donors (Lipinski definition) is 1. The second-order valence-corrected chi connectivity index (χ2v) is 11.7. The number of halogens is 3. The van der Waals surface area contributed by atoms with Gasteiger partial charge in [-0.2, -0.15) is 0 Å². The quantitative estimate of drug-likeness (QED) is 0.179. The first-order valence-electron chi connectivity index (χ1n) is 15.4. The van der Waals surface area contributed by atoms with Gasteiger partial charge in [-0.3, -0.25) is 14.6 Å². The van der Waals surface area contributed by atoms with Gasteiger partial charge >= 0.3 is 6.36 Å². The molecule has 6 nitrogen and oxygen atoms in total. The van der Waals surface area contributed by atoms with Crippen molar-refractivity contribution in [1.82, 2.24) is 4.98 Å². The number of fused-ring (bicyclic) bond motifs is 5. The van der Waals surface area contributed by atoms with Crippen LogP contribution < -0.4 is 14.8 Å². The normalized spacial score (nSPS) is 14.9. The van der Waals surface area contributed by atoms with Crippen LogP contribution in [0.1, 0.15) is 54.5 Å². The number of pyridine rings is 1. The van der Waals surface area contributed by atoms with Crippen molar-refractivity contribution in [3.63, 3.8) is 0 Å². The highest BCUT2D eigenvalue weighted by Crippen LogP contribution is 2.45. The Hall–Kier alpha value is -5.70. The number of benzene rings is 4. The van der Waals surface area contributed by atoms with E-state index >= 15 is 0 Å². The minimum atomic E-state index is -4.91. The summed E-state index contributed by atoms with van der Waals surface area (Å²) in [6.07, 6.45) is 2.03. The maximum Gasteiger partial charge on any atom is 0.573 e. The van der Waals surface area contributed by atoms with Crippen molar-refractivity contribution >= 4 is 23.0 Å². The Morgan fingerprint density at radius 2 is 1.65 bits per heavy atom. The number of aromatic nitrogens is 1. The van der Waals surface area contributed by atoms with E-state index in [0.717, 1.165) is 40.7 Å². The summed E-state index contributed by atoms with van der Waals surface area (Å²) >= 11 is 0. The molecular formula is C39H29F3N2O4. The lowest BCUT2D eigenvalue weighted by atomic mass is 9.73. The van der Waals surface area contributed by atoms with Crippen LogP contribution in [-0.4, -0.2) is 30.1 Å². The number of methoxy groups -OCH3 is 1. The van der Waals surface area contributed by atoms with Gasteiger partial charge in [0.15, 0.2) is 17.3 Å². The first-order valence-corrected chi connectivity index (χ1v) is 15.4. The summed E-state index contributed by atoms with van der Waals surface area (Å²) < 4.78 is 49.4. The van der Waals surface area contributed by atoms with E-state index in [2.05, 4.69) is 33.2 Å².